The Morgan fingerprint density at radius 3 is 2.75 bits per heavy atom. The van der Waals surface area contributed by atoms with Crippen LogP contribution in [0.5, 0.6) is 0 Å². The second kappa shape index (κ2) is 4.22. The van der Waals surface area contributed by atoms with Crippen molar-refractivity contribution in [3.05, 3.63) is 29.8 Å². The SMILES string of the molecule is CCc1nc(N)nc(-c2cnccc2C)n1. The average molecular weight is 215 g/mol. The predicted molar refractivity (Wildman–Crippen MR) is 61.6 cm³/mol. The van der Waals surface area contributed by atoms with Crippen LogP contribution in [-0.2, 0) is 6.42 Å². The fraction of sp³-hybridized carbons (Fsp3) is 0.273. The predicted octanol–water partition coefficient (Wildman–Crippen LogP) is 1.39. The zero-order valence-electron chi connectivity index (χ0n) is 9.31. The monoisotopic (exact) mass is 215 g/mol. The molecule has 82 valence electrons. The molecule has 0 saturated carbocycles. The Bertz CT molecular complexity index is 509. The van der Waals surface area contributed by atoms with Crippen LogP contribution in [0.25, 0.3) is 11.4 Å². The minimum atomic E-state index is 0.255. The van der Waals surface area contributed by atoms with Gasteiger partial charge in [0.15, 0.2) is 5.82 Å². The topological polar surface area (TPSA) is 77.6 Å². The first-order chi connectivity index (χ1) is 7.70. The van der Waals surface area contributed by atoms with Crippen LogP contribution in [0.15, 0.2) is 18.5 Å². The number of pyridine rings is 1. The second-order valence-corrected chi connectivity index (χ2v) is 3.48. The van der Waals surface area contributed by atoms with E-state index in [1.807, 2.05) is 19.9 Å². The van der Waals surface area contributed by atoms with Gasteiger partial charge in [0.05, 0.1) is 0 Å². The standard InChI is InChI=1S/C11H13N5/c1-3-9-14-10(16-11(12)15-9)8-6-13-5-4-7(8)2/h4-6H,3H2,1-2H3,(H2,12,14,15,16). The molecular weight excluding hydrogens is 202 g/mol. The summed E-state index contributed by atoms with van der Waals surface area (Å²) in [6.07, 6.45) is 4.21. The van der Waals surface area contributed by atoms with Crippen molar-refractivity contribution >= 4 is 5.95 Å². The number of aryl methyl sites for hydroxylation is 2. The molecule has 2 heterocycles. The summed E-state index contributed by atoms with van der Waals surface area (Å²) in [6.45, 7) is 3.97. The molecule has 0 aliphatic rings. The molecule has 0 bridgehead atoms. The van der Waals surface area contributed by atoms with Crippen molar-refractivity contribution in [3.8, 4) is 11.4 Å². The number of hydrogen-bond donors (Lipinski definition) is 1. The Morgan fingerprint density at radius 2 is 2.06 bits per heavy atom. The molecule has 0 radical (unpaired) electrons. The molecule has 0 saturated heterocycles. The highest BCUT2D eigenvalue weighted by atomic mass is 15.1. The first-order valence-corrected chi connectivity index (χ1v) is 5.12. The van der Waals surface area contributed by atoms with E-state index in [9.17, 15) is 0 Å². The molecule has 0 fully saturated rings. The first kappa shape index (κ1) is 10.5. The highest BCUT2D eigenvalue weighted by Crippen LogP contribution is 2.18. The van der Waals surface area contributed by atoms with E-state index in [-0.39, 0.29) is 5.95 Å². The van der Waals surface area contributed by atoms with Crippen molar-refractivity contribution in [2.45, 2.75) is 20.3 Å². The van der Waals surface area contributed by atoms with Gasteiger partial charge in [-0.15, -0.1) is 0 Å². The number of hydrogen-bond acceptors (Lipinski definition) is 5. The van der Waals surface area contributed by atoms with Crippen molar-refractivity contribution in [3.63, 3.8) is 0 Å². The van der Waals surface area contributed by atoms with Crippen LogP contribution < -0.4 is 5.73 Å². The Hall–Kier alpha value is -2.04. The molecule has 0 atom stereocenters. The van der Waals surface area contributed by atoms with Gasteiger partial charge in [0.1, 0.15) is 5.82 Å². The van der Waals surface area contributed by atoms with Gasteiger partial charge < -0.3 is 5.73 Å². The largest absolute Gasteiger partial charge is 0.368 e. The van der Waals surface area contributed by atoms with Gasteiger partial charge in [-0.2, -0.15) is 9.97 Å². The summed E-state index contributed by atoms with van der Waals surface area (Å²) in [5, 5.41) is 0. The van der Waals surface area contributed by atoms with Crippen molar-refractivity contribution in [1.29, 1.82) is 0 Å². The number of rotatable bonds is 2. The van der Waals surface area contributed by atoms with Crippen LogP contribution in [0.1, 0.15) is 18.3 Å². The molecule has 5 nitrogen and oxygen atoms in total. The van der Waals surface area contributed by atoms with Crippen LogP contribution in [0.4, 0.5) is 5.95 Å². The lowest BCUT2D eigenvalue weighted by Gasteiger charge is -2.05. The van der Waals surface area contributed by atoms with Crippen molar-refractivity contribution in [2.24, 2.45) is 0 Å². The van der Waals surface area contributed by atoms with Gasteiger partial charge in [-0.25, -0.2) is 4.98 Å². The minimum absolute atomic E-state index is 0.255. The summed E-state index contributed by atoms with van der Waals surface area (Å²) in [6, 6.07) is 1.92. The first-order valence-electron chi connectivity index (χ1n) is 5.12. The Balaban J connectivity index is 2.56. The third kappa shape index (κ3) is 1.98. The van der Waals surface area contributed by atoms with Crippen LogP contribution in [0, 0.1) is 6.92 Å². The molecule has 0 amide bonds. The zero-order valence-corrected chi connectivity index (χ0v) is 9.31. The molecule has 2 rings (SSSR count). The van der Waals surface area contributed by atoms with Crippen molar-refractivity contribution in [1.82, 2.24) is 19.9 Å². The summed E-state index contributed by atoms with van der Waals surface area (Å²) >= 11 is 0. The molecule has 0 spiro atoms. The molecule has 2 aromatic rings. The lowest BCUT2D eigenvalue weighted by molar-refractivity contribution is 0.911. The van der Waals surface area contributed by atoms with E-state index >= 15 is 0 Å². The number of nitrogens with two attached hydrogens (primary N) is 1. The number of nitrogens with zero attached hydrogens (tertiary/aromatic N) is 4. The summed E-state index contributed by atoms with van der Waals surface area (Å²) in [5.74, 6) is 1.55. The maximum absolute atomic E-state index is 5.64. The van der Waals surface area contributed by atoms with Gasteiger partial charge in [-0.3, -0.25) is 4.98 Å². The molecule has 5 heteroatoms. The van der Waals surface area contributed by atoms with Crippen LogP contribution >= 0.6 is 0 Å². The van der Waals surface area contributed by atoms with Crippen molar-refractivity contribution < 1.29 is 0 Å². The number of anilines is 1. The normalized spacial score (nSPS) is 10.4. The molecule has 0 aromatic carbocycles. The van der Waals surface area contributed by atoms with Crippen LogP contribution in [-0.4, -0.2) is 19.9 Å². The summed E-state index contributed by atoms with van der Waals surface area (Å²) in [4.78, 5) is 16.6. The molecule has 2 aromatic heterocycles. The third-order valence-electron chi connectivity index (χ3n) is 2.30. The molecular formula is C11H13N5. The number of nitrogen functional groups attached to an aromatic ring is 1. The van der Waals surface area contributed by atoms with Gasteiger partial charge in [-0.05, 0) is 18.6 Å². The van der Waals surface area contributed by atoms with E-state index in [1.165, 1.54) is 0 Å². The maximum atomic E-state index is 5.64. The van der Waals surface area contributed by atoms with E-state index in [0.717, 1.165) is 17.5 Å². The van der Waals surface area contributed by atoms with Crippen LogP contribution in [0.2, 0.25) is 0 Å². The van der Waals surface area contributed by atoms with E-state index < -0.39 is 0 Å². The third-order valence-corrected chi connectivity index (χ3v) is 2.30. The van der Waals surface area contributed by atoms with Gasteiger partial charge in [-0.1, -0.05) is 6.92 Å². The molecule has 0 unspecified atom stereocenters. The average Bonchev–Trinajstić information content (AvgIpc) is 2.28. The molecule has 0 aliphatic heterocycles. The van der Waals surface area contributed by atoms with Gasteiger partial charge in [0, 0.05) is 24.4 Å². The fourth-order valence-corrected chi connectivity index (χ4v) is 1.41. The Morgan fingerprint density at radius 1 is 1.25 bits per heavy atom. The molecule has 2 N–H and O–H groups in total. The fourth-order valence-electron chi connectivity index (χ4n) is 1.41. The lowest BCUT2D eigenvalue weighted by atomic mass is 10.1. The minimum Gasteiger partial charge on any atom is -0.368 e. The maximum Gasteiger partial charge on any atom is 0.223 e. The lowest BCUT2D eigenvalue weighted by Crippen LogP contribution is -2.04. The highest BCUT2D eigenvalue weighted by Gasteiger charge is 2.08. The smallest absolute Gasteiger partial charge is 0.223 e. The molecule has 0 aliphatic carbocycles. The van der Waals surface area contributed by atoms with Gasteiger partial charge >= 0.3 is 0 Å². The Kier molecular flexibility index (Phi) is 2.76. The number of aromatic nitrogens is 4. The van der Waals surface area contributed by atoms with Gasteiger partial charge in [0.25, 0.3) is 0 Å². The second-order valence-electron chi connectivity index (χ2n) is 3.48. The summed E-state index contributed by atoms with van der Waals surface area (Å²) in [7, 11) is 0. The summed E-state index contributed by atoms with van der Waals surface area (Å²) < 4.78 is 0. The van der Waals surface area contributed by atoms with E-state index in [0.29, 0.717) is 11.6 Å². The zero-order chi connectivity index (χ0) is 11.5. The van der Waals surface area contributed by atoms with E-state index in [2.05, 4.69) is 19.9 Å². The summed E-state index contributed by atoms with van der Waals surface area (Å²) in [5.41, 5.74) is 7.61. The van der Waals surface area contributed by atoms with Crippen LogP contribution in [0.3, 0.4) is 0 Å². The Labute approximate surface area is 93.8 Å². The molecule has 16 heavy (non-hydrogen) atoms. The van der Waals surface area contributed by atoms with E-state index in [4.69, 9.17) is 5.73 Å². The highest BCUT2D eigenvalue weighted by molar-refractivity contribution is 5.58. The van der Waals surface area contributed by atoms with Crippen molar-refractivity contribution in [2.75, 3.05) is 5.73 Å². The van der Waals surface area contributed by atoms with Gasteiger partial charge in [0.2, 0.25) is 5.95 Å². The van der Waals surface area contributed by atoms with E-state index in [1.54, 1.807) is 12.4 Å². The quantitative estimate of drug-likeness (QED) is 0.819.